The fourth-order valence-electron chi connectivity index (χ4n) is 1.000. The molecular weight excluding hydrogens is 170 g/mol. The van der Waals surface area contributed by atoms with Crippen LogP contribution in [0, 0.1) is 0 Å². The zero-order valence-electron chi connectivity index (χ0n) is 7.14. The minimum Gasteiger partial charge on any atom is -0.494 e. The minimum atomic E-state index is 0.311. The zero-order valence-corrected chi connectivity index (χ0v) is 7.14. The number of hydrogen-bond acceptors (Lipinski definition) is 5. The first-order valence-electron chi connectivity index (χ1n) is 3.79. The van der Waals surface area contributed by atoms with Crippen LogP contribution in [0.2, 0.25) is 0 Å². The van der Waals surface area contributed by atoms with Crippen LogP contribution in [0.3, 0.4) is 0 Å². The van der Waals surface area contributed by atoms with Crippen LogP contribution in [0.15, 0.2) is 12.4 Å². The first kappa shape index (κ1) is 7.93. The van der Waals surface area contributed by atoms with Gasteiger partial charge in [0.25, 0.3) is 5.78 Å². The molecule has 0 saturated heterocycles. The van der Waals surface area contributed by atoms with E-state index in [1.807, 2.05) is 0 Å². The van der Waals surface area contributed by atoms with E-state index in [1.165, 1.54) is 0 Å². The fraction of sp³-hybridized carbons (Fsp3) is 0.286. The summed E-state index contributed by atoms with van der Waals surface area (Å²) < 4.78 is 6.53. The van der Waals surface area contributed by atoms with E-state index in [-0.39, 0.29) is 0 Å². The highest BCUT2D eigenvalue weighted by molar-refractivity contribution is 5.29. The molecular formula is C7H9N5O. The first-order valence-corrected chi connectivity index (χ1v) is 3.79. The van der Waals surface area contributed by atoms with Crippen molar-refractivity contribution in [3.8, 4) is 5.75 Å². The molecule has 0 aromatic carbocycles. The maximum atomic E-state index is 5.39. The molecule has 0 radical (unpaired) electrons. The van der Waals surface area contributed by atoms with E-state index >= 15 is 0 Å². The molecule has 2 aromatic heterocycles. The first-order chi connectivity index (χ1) is 6.33. The molecule has 0 spiro atoms. The molecule has 2 heterocycles. The van der Waals surface area contributed by atoms with Crippen molar-refractivity contribution in [2.45, 2.75) is 6.54 Å². The molecule has 2 rings (SSSR count). The van der Waals surface area contributed by atoms with E-state index in [0.717, 1.165) is 0 Å². The number of hydrogen-bond donors (Lipinski definition) is 1. The summed E-state index contributed by atoms with van der Waals surface area (Å²) in [6, 6.07) is 0. The molecule has 0 fully saturated rings. The van der Waals surface area contributed by atoms with Gasteiger partial charge < -0.3 is 10.5 Å². The van der Waals surface area contributed by atoms with Crippen molar-refractivity contribution in [1.29, 1.82) is 0 Å². The second kappa shape index (κ2) is 2.98. The number of aromatic nitrogens is 4. The number of rotatable bonds is 2. The van der Waals surface area contributed by atoms with E-state index in [9.17, 15) is 0 Å². The predicted molar refractivity (Wildman–Crippen MR) is 45.2 cm³/mol. The van der Waals surface area contributed by atoms with Gasteiger partial charge in [0, 0.05) is 0 Å². The van der Waals surface area contributed by atoms with Crippen LogP contribution in [-0.4, -0.2) is 26.7 Å². The van der Waals surface area contributed by atoms with E-state index in [0.29, 0.717) is 23.9 Å². The van der Waals surface area contributed by atoms with Gasteiger partial charge in [-0.1, -0.05) is 0 Å². The normalized spacial score (nSPS) is 10.6. The van der Waals surface area contributed by atoms with Crippen LogP contribution < -0.4 is 10.5 Å². The minimum absolute atomic E-state index is 0.311. The van der Waals surface area contributed by atoms with Gasteiger partial charge >= 0.3 is 0 Å². The molecule has 6 nitrogen and oxygen atoms in total. The third-order valence-electron chi connectivity index (χ3n) is 1.63. The predicted octanol–water partition coefficient (Wildman–Crippen LogP) is -0.408. The van der Waals surface area contributed by atoms with Gasteiger partial charge in [0.15, 0.2) is 11.6 Å². The molecule has 2 aromatic rings. The fourth-order valence-corrected chi connectivity index (χ4v) is 1.000. The van der Waals surface area contributed by atoms with Gasteiger partial charge in [-0.15, -0.1) is 5.10 Å². The lowest BCUT2D eigenvalue weighted by atomic mass is 10.6. The highest BCUT2D eigenvalue weighted by Gasteiger charge is 2.03. The Bertz CT molecular complexity index is 422. The smallest absolute Gasteiger partial charge is 0.252 e. The molecule has 68 valence electrons. The van der Waals surface area contributed by atoms with E-state index in [1.54, 1.807) is 24.0 Å². The van der Waals surface area contributed by atoms with Gasteiger partial charge in [0.2, 0.25) is 0 Å². The van der Waals surface area contributed by atoms with Gasteiger partial charge in [0.05, 0.1) is 26.0 Å². The van der Waals surface area contributed by atoms with Crippen LogP contribution in [0.1, 0.15) is 5.82 Å². The number of fused-ring (bicyclic) bond motifs is 1. The highest BCUT2D eigenvalue weighted by Crippen LogP contribution is 2.07. The third kappa shape index (κ3) is 1.31. The maximum Gasteiger partial charge on any atom is 0.252 e. The summed E-state index contributed by atoms with van der Waals surface area (Å²) in [5.41, 5.74) is 5.39. The summed E-state index contributed by atoms with van der Waals surface area (Å²) in [4.78, 5) is 8.10. The number of nitrogens with two attached hydrogens (primary N) is 1. The summed E-state index contributed by atoms with van der Waals surface area (Å²) in [6.45, 7) is 0.311. The van der Waals surface area contributed by atoms with Gasteiger partial charge in [-0.25, -0.2) is 9.50 Å². The lowest BCUT2D eigenvalue weighted by molar-refractivity contribution is 0.409. The average Bonchev–Trinajstić information content (AvgIpc) is 2.58. The summed E-state index contributed by atoms with van der Waals surface area (Å²) >= 11 is 0. The number of methoxy groups -OCH3 is 1. The second-order valence-corrected chi connectivity index (χ2v) is 2.47. The van der Waals surface area contributed by atoms with Crippen molar-refractivity contribution in [2.24, 2.45) is 5.73 Å². The van der Waals surface area contributed by atoms with Gasteiger partial charge in [-0.05, 0) is 0 Å². The Morgan fingerprint density at radius 3 is 3.15 bits per heavy atom. The maximum absolute atomic E-state index is 5.39. The lowest BCUT2D eigenvalue weighted by Gasteiger charge is -1.96. The molecule has 0 amide bonds. The summed E-state index contributed by atoms with van der Waals surface area (Å²) in [5.74, 6) is 1.74. The molecule has 2 N–H and O–H groups in total. The van der Waals surface area contributed by atoms with E-state index in [4.69, 9.17) is 10.5 Å². The number of nitrogens with zero attached hydrogens (tertiary/aromatic N) is 4. The molecule has 0 aliphatic carbocycles. The Hall–Kier alpha value is -1.69. The second-order valence-electron chi connectivity index (χ2n) is 2.47. The quantitative estimate of drug-likeness (QED) is 0.678. The van der Waals surface area contributed by atoms with Crippen molar-refractivity contribution in [2.75, 3.05) is 7.11 Å². The highest BCUT2D eigenvalue weighted by atomic mass is 16.5. The summed E-state index contributed by atoms with van der Waals surface area (Å²) in [7, 11) is 1.57. The van der Waals surface area contributed by atoms with Crippen molar-refractivity contribution in [3.05, 3.63) is 18.2 Å². The van der Waals surface area contributed by atoms with Crippen molar-refractivity contribution in [3.63, 3.8) is 0 Å². The Labute approximate surface area is 74.4 Å². The SMILES string of the molecule is COc1cnc2nc(CN)nn2c1. The summed E-state index contributed by atoms with van der Waals surface area (Å²) in [6.07, 6.45) is 3.29. The molecule has 0 saturated carbocycles. The van der Waals surface area contributed by atoms with Crippen LogP contribution >= 0.6 is 0 Å². The largest absolute Gasteiger partial charge is 0.494 e. The topological polar surface area (TPSA) is 78.3 Å². The molecule has 13 heavy (non-hydrogen) atoms. The zero-order chi connectivity index (χ0) is 9.26. The molecule has 0 bridgehead atoms. The Kier molecular flexibility index (Phi) is 1.82. The lowest BCUT2D eigenvalue weighted by Crippen LogP contribution is -1.98. The Balaban J connectivity index is 2.57. The molecule has 6 heteroatoms. The Morgan fingerprint density at radius 2 is 2.46 bits per heavy atom. The Morgan fingerprint density at radius 1 is 1.62 bits per heavy atom. The van der Waals surface area contributed by atoms with Crippen molar-refractivity contribution < 1.29 is 4.74 Å². The summed E-state index contributed by atoms with van der Waals surface area (Å²) in [5, 5.41) is 4.08. The monoisotopic (exact) mass is 179 g/mol. The van der Waals surface area contributed by atoms with Gasteiger partial charge in [0.1, 0.15) is 0 Å². The molecule has 0 unspecified atom stereocenters. The molecule has 0 aliphatic rings. The van der Waals surface area contributed by atoms with Crippen LogP contribution in [-0.2, 0) is 6.54 Å². The van der Waals surface area contributed by atoms with Crippen molar-refractivity contribution in [1.82, 2.24) is 19.6 Å². The van der Waals surface area contributed by atoms with Crippen LogP contribution in [0.4, 0.5) is 0 Å². The molecule has 0 aliphatic heterocycles. The van der Waals surface area contributed by atoms with Gasteiger partial charge in [-0.3, -0.25) is 0 Å². The van der Waals surface area contributed by atoms with Crippen LogP contribution in [0.5, 0.6) is 5.75 Å². The van der Waals surface area contributed by atoms with Crippen LogP contribution in [0.25, 0.3) is 5.78 Å². The van der Waals surface area contributed by atoms with E-state index < -0.39 is 0 Å². The average molecular weight is 179 g/mol. The number of ether oxygens (including phenoxy) is 1. The third-order valence-corrected chi connectivity index (χ3v) is 1.63. The van der Waals surface area contributed by atoms with Gasteiger partial charge in [-0.2, -0.15) is 4.98 Å². The standard InChI is InChI=1S/C7H9N5O/c1-13-5-3-9-7-10-6(2-8)11-12(7)4-5/h3-4H,2,8H2,1H3. The van der Waals surface area contributed by atoms with E-state index in [2.05, 4.69) is 15.1 Å². The molecule has 0 atom stereocenters. The van der Waals surface area contributed by atoms with Crippen molar-refractivity contribution >= 4 is 5.78 Å².